The van der Waals surface area contributed by atoms with Crippen LogP contribution in [0, 0.1) is 0 Å². The molecule has 1 unspecified atom stereocenters. The SMILES string of the molecule is CC1C(=O)Nc2ccc(S(=O)(=O)Cl)cc21. The van der Waals surface area contributed by atoms with Gasteiger partial charge in [0.05, 0.1) is 10.8 Å². The summed E-state index contributed by atoms with van der Waals surface area (Å²) < 4.78 is 22.2. The first-order valence-electron chi connectivity index (χ1n) is 4.29. The summed E-state index contributed by atoms with van der Waals surface area (Å²) >= 11 is 0. The van der Waals surface area contributed by atoms with E-state index in [-0.39, 0.29) is 16.7 Å². The van der Waals surface area contributed by atoms with E-state index < -0.39 is 9.05 Å². The van der Waals surface area contributed by atoms with Crippen molar-refractivity contribution in [3.8, 4) is 0 Å². The molecule has 0 spiro atoms. The van der Waals surface area contributed by atoms with Gasteiger partial charge in [-0.05, 0) is 30.7 Å². The highest BCUT2D eigenvalue weighted by atomic mass is 35.7. The van der Waals surface area contributed by atoms with Crippen LogP contribution < -0.4 is 5.32 Å². The van der Waals surface area contributed by atoms with Gasteiger partial charge in [0.2, 0.25) is 5.91 Å². The van der Waals surface area contributed by atoms with Crippen LogP contribution in [-0.4, -0.2) is 14.3 Å². The summed E-state index contributed by atoms with van der Waals surface area (Å²) in [5, 5.41) is 2.65. The predicted octanol–water partition coefficient (Wildman–Crippen LogP) is 1.67. The summed E-state index contributed by atoms with van der Waals surface area (Å²) in [6.45, 7) is 1.71. The molecule has 1 aliphatic heterocycles. The van der Waals surface area contributed by atoms with Crippen molar-refractivity contribution in [3.63, 3.8) is 0 Å². The summed E-state index contributed by atoms with van der Waals surface area (Å²) in [4.78, 5) is 11.3. The van der Waals surface area contributed by atoms with Crippen molar-refractivity contribution in [1.29, 1.82) is 0 Å². The minimum Gasteiger partial charge on any atom is -0.325 e. The number of carbonyl (C=O) groups excluding carboxylic acids is 1. The Kier molecular flexibility index (Phi) is 2.24. The summed E-state index contributed by atoms with van der Waals surface area (Å²) in [6, 6.07) is 4.35. The zero-order chi connectivity index (χ0) is 11.2. The van der Waals surface area contributed by atoms with Gasteiger partial charge in [-0.25, -0.2) is 8.42 Å². The van der Waals surface area contributed by atoms with Crippen LogP contribution in [0.4, 0.5) is 5.69 Å². The average molecular weight is 246 g/mol. The number of fused-ring (bicyclic) bond motifs is 1. The van der Waals surface area contributed by atoms with Crippen LogP contribution >= 0.6 is 10.7 Å². The molecular weight excluding hydrogens is 238 g/mol. The number of hydrogen-bond acceptors (Lipinski definition) is 3. The van der Waals surface area contributed by atoms with E-state index in [1.54, 1.807) is 13.0 Å². The van der Waals surface area contributed by atoms with Gasteiger partial charge >= 0.3 is 0 Å². The molecule has 0 fully saturated rings. The van der Waals surface area contributed by atoms with Gasteiger partial charge in [0.1, 0.15) is 0 Å². The second kappa shape index (κ2) is 3.21. The van der Waals surface area contributed by atoms with E-state index in [1.165, 1.54) is 12.1 Å². The zero-order valence-corrected chi connectivity index (χ0v) is 9.39. The van der Waals surface area contributed by atoms with Gasteiger partial charge in [-0.15, -0.1) is 0 Å². The maximum Gasteiger partial charge on any atom is 0.261 e. The Hall–Kier alpha value is -1.07. The Morgan fingerprint density at radius 1 is 1.40 bits per heavy atom. The topological polar surface area (TPSA) is 63.2 Å². The van der Waals surface area contributed by atoms with Crippen molar-refractivity contribution in [2.45, 2.75) is 17.7 Å². The van der Waals surface area contributed by atoms with E-state index in [1.807, 2.05) is 0 Å². The quantitative estimate of drug-likeness (QED) is 0.766. The number of carbonyl (C=O) groups is 1. The van der Waals surface area contributed by atoms with Crippen LogP contribution in [0.2, 0.25) is 0 Å². The predicted molar refractivity (Wildman–Crippen MR) is 56.5 cm³/mol. The molecule has 1 heterocycles. The molecule has 4 nitrogen and oxygen atoms in total. The molecule has 1 aromatic carbocycles. The molecule has 1 atom stereocenters. The lowest BCUT2D eigenvalue weighted by atomic mass is 10.0. The Bertz CT molecular complexity index is 538. The fourth-order valence-corrected chi connectivity index (χ4v) is 2.33. The van der Waals surface area contributed by atoms with Crippen molar-refractivity contribution in [2.75, 3.05) is 5.32 Å². The van der Waals surface area contributed by atoms with Crippen LogP contribution in [0.5, 0.6) is 0 Å². The molecular formula is C9H8ClNO3S. The summed E-state index contributed by atoms with van der Waals surface area (Å²) in [5.74, 6) is -0.465. The molecule has 1 amide bonds. The molecule has 1 N–H and O–H groups in total. The van der Waals surface area contributed by atoms with Crippen molar-refractivity contribution in [3.05, 3.63) is 23.8 Å². The minimum absolute atomic E-state index is 0.0197. The number of halogens is 1. The van der Waals surface area contributed by atoms with Gasteiger partial charge in [0, 0.05) is 16.4 Å². The van der Waals surface area contributed by atoms with Crippen molar-refractivity contribution in [1.82, 2.24) is 0 Å². The third-order valence-electron chi connectivity index (χ3n) is 2.42. The lowest BCUT2D eigenvalue weighted by molar-refractivity contribution is -0.116. The van der Waals surface area contributed by atoms with Crippen LogP contribution in [-0.2, 0) is 13.8 Å². The van der Waals surface area contributed by atoms with Gasteiger partial charge in [-0.3, -0.25) is 4.79 Å². The molecule has 0 saturated heterocycles. The number of amides is 1. The van der Waals surface area contributed by atoms with E-state index in [2.05, 4.69) is 5.32 Å². The molecule has 2 rings (SSSR count). The molecule has 80 valence electrons. The zero-order valence-electron chi connectivity index (χ0n) is 7.82. The molecule has 1 aromatic rings. The molecule has 0 radical (unpaired) electrons. The molecule has 1 aliphatic rings. The van der Waals surface area contributed by atoms with E-state index in [9.17, 15) is 13.2 Å². The van der Waals surface area contributed by atoms with Gasteiger partial charge < -0.3 is 5.32 Å². The number of nitrogens with one attached hydrogen (secondary N) is 1. The van der Waals surface area contributed by atoms with Crippen LogP contribution in [0.1, 0.15) is 18.4 Å². The number of rotatable bonds is 1. The summed E-state index contributed by atoms with van der Waals surface area (Å²) in [6.07, 6.45) is 0. The number of anilines is 1. The first-order valence-corrected chi connectivity index (χ1v) is 6.60. The smallest absolute Gasteiger partial charge is 0.261 e. The fraction of sp³-hybridized carbons (Fsp3) is 0.222. The largest absolute Gasteiger partial charge is 0.325 e. The average Bonchev–Trinajstić information content (AvgIpc) is 2.41. The van der Waals surface area contributed by atoms with E-state index >= 15 is 0 Å². The third-order valence-corrected chi connectivity index (χ3v) is 3.77. The van der Waals surface area contributed by atoms with Gasteiger partial charge in [0.15, 0.2) is 0 Å². The Labute approximate surface area is 91.7 Å². The third kappa shape index (κ3) is 1.72. The second-order valence-corrected chi connectivity index (χ2v) is 5.96. The monoisotopic (exact) mass is 245 g/mol. The highest BCUT2D eigenvalue weighted by Crippen LogP contribution is 2.34. The summed E-state index contributed by atoms with van der Waals surface area (Å²) in [7, 11) is 1.48. The minimum atomic E-state index is -3.73. The maximum absolute atomic E-state index is 11.3. The van der Waals surface area contributed by atoms with E-state index in [0.29, 0.717) is 11.3 Å². The normalized spacial score (nSPS) is 19.9. The van der Waals surface area contributed by atoms with Crippen LogP contribution in [0.25, 0.3) is 0 Å². The molecule has 6 heteroatoms. The maximum atomic E-state index is 11.3. The molecule has 0 saturated carbocycles. The van der Waals surface area contributed by atoms with Crippen molar-refractivity contribution in [2.24, 2.45) is 0 Å². The Morgan fingerprint density at radius 2 is 2.07 bits per heavy atom. The number of hydrogen-bond donors (Lipinski definition) is 1. The first-order chi connectivity index (χ1) is 6.89. The van der Waals surface area contributed by atoms with Crippen LogP contribution in [0.15, 0.2) is 23.1 Å². The van der Waals surface area contributed by atoms with Gasteiger partial charge in [-0.2, -0.15) is 0 Å². The number of benzene rings is 1. The molecule has 0 aromatic heterocycles. The summed E-state index contributed by atoms with van der Waals surface area (Å²) in [5.41, 5.74) is 1.32. The van der Waals surface area contributed by atoms with E-state index in [4.69, 9.17) is 10.7 Å². The molecule has 0 aliphatic carbocycles. The Balaban J connectivity index is 2.58. The van der Waals surface area contributed by atoms with Crippen molar-refractivity contribution < 1.29 is 13.2 Å². The molecule has 15 heavy (non-hydrogen) atoms. The standard InChI is InChI=1S/C9H8ClNO3S/c1-5-7-4-6(15(10,13)14)2-3-8(7)11-9(5)12/h2-5H,1H3,(H,11,12). The Morgan fingerprint density at radius 3 is 2.67 bits per heavy atom. The lowest BCUT2D eigenvalue weighted by Gasteiger charge is -2.02. The van der Waals surface area contributed by atoms with Crippen molar-refractivity contribution >= 4 is 31.3 Å². The highest BCUT2D eigenvalue weighted by Gasteiger charge is 2.27. The lowest BCUT2D eigenvalue weighted by Crippen LogP contribution is -2.08. The molecule has 0 bridgehead atoms. The van der Waals surface area contributed by atoms with Gasteiger partial charge in [0.25, 0.3) is 9.05 Å². The van der Waals surface area contributed by atoms with Crippen LogP contribution in [0.3, 0.4) is 0 Å². The van der Waals surface area contributed by atoms with Gasteiger partial charge in [-0.1, -0.05) is 0 Å². The second-order valence-electron chi connectivity index (χ2n) is 3.40. The van der Waals surface area contributed by atoms with E-state index in [0.717, 1.165) is 0 Å². The highest BCUT2D eigenvalue weighted by molar-refractivity contribution is 8.13. The first kappa shape index (κ1) is 10.4. The fourth-order valence-electron chi connectivity index (χ4n) is 1.55.